The number of phenols is 1. The average Bonchev–Trinajstić information content (AvgIpc) is 2.90. The number of aromatic hydroxyl groups is 1. The van der Waals surface area contributed by atoms with E-state index >= 15 is 0 Å². The number of ketones is 1. The number of rotatable bonds is 8. The maximum atomic E-state index is 13.1. The van der Waals surface area contributed by atoms with Crippen molar-refractivity contribution < 1.29 is 48.6 Å². The number of ether oxygens (including phenoxy) is 3. The smallest absolute Gasteiger partial charge is 0.331 e. The Balaban J connectivity index is 1.83. The largest absolute Gasteiger partial charge is 0.508 e. The first-order chi connectivity index (χ1) is 19.0. The maximum Gasteiger partial charge on any atom is 0.331 e. The first-order valence-corrected chi connectivity index (χ1v) is 12.5. The fourth-order valence-electron chi connectivity index (χ4n) is 4.71. The van der Waals surface area contributed by atoms with Gasteiger partial charge in [-0.05, 0) is 49.2 Å². The van der Waals surface area contributed by atoms with E-state index in [1.54, 1.807) is 25.1 Å². The minimum Gasteiger partial charge on any atom is -0.508 e. The van der Waals surface area contributed by atoms with Crippen molar-refractivity contribution in [2.24, 2.45) is 0 Å². The number of hydrogen-bond donors (Lipinski definition) is 4. The number of fused-ring (bicyclic) bond motifs is 1. The fourth-order valence-corrected chi connectivity index (χ4v) is 4.71. The third-order valence-electron chi connectivity index (χ3n) is 6.60. The van der Waals surface area contributed by atoms with Gasteiger partial charge in [-0.15, -0.1) is 0 Å². The lowest BCUT2D eigenvalue weighted by molar-refractivity contribution is -0.239. The number of phenolic OH excluding ortho intramolecular Hbond substituents is 1. The lowest BCUT2D eigenvalue weighted by Gasteiger charge is -2.42. The molecule has 11 heteroatoms. The number of aryl methyl sites for hydroxylation is 1. The number of Topliss-reactive ketones (excluding diaryl/α,β-unsaturated/α-hetero) is 1. The van der Waals surface area contributed by atoms with Gasteiger partial charge in [0, 0.05) is 12.1 Å². The van der Waals surface area contributed by atoms with Gasteiger partial charge in [0.2, 0.25) is 0 Å². The van der Waals surface area contributed by atoms with Crippen LogP contribution in [0, 0.1) is 6.92 Å². The van der Waals surface area contributed by atoms with E-state index in [4.69, 9.17) is 18.6 Å². The number of hydrogen-bond acceptors (Lipinski definition) is 11. The number of carbonyl (C=O) groups excluding carboxylic acids is 2. The fraction of sp³-hybridized carbons (Fsp3) is 0.345. The van der Waals surface area contributed by atoms with E-state index in [1.165, 1.54) is 38.3 Å². The van der Waals surface area contributed by atoms with Gasteiger partial charge in [0.1, 0.15) is 53.0 Å². The van der Waals surface area contributed by atoms with Crippen LogP contribution in [0.25, 0.3) is 17.0 Å². The van der Waals surface area contributed by atoms with Crippen LogP contribution in [0.4, 0.5) is 0 Å². The summed E-state index contributed by atoms with van der Waals surface area (Å²) >= 11 is 0. The molecule has 2 heterocycles. The molecule has 40 heavy (non-hydrogen) atoms. The number of benzene rings is 2. The summed E-state index contributed by atoms with van der Waals surface area (Å²) in [5.41, 5.74) is 0.735. The number of methoxy groups -OCH3 is 1. The molecule has 1 unspecified atom stereocenters. The van der Waals surface area contributed by atoms with Crippen molar-refractivity contribution in [2.75, 3.05) is 13.7 Å². The van der Waals surface area contributed by atoms with Crippen LogP contribution in [0.15, 0.2) is 51.7 Å². The highest BCUT2D eigenvalue weighted by Gasteiger charge is 2.49. The van der Waals surface area contributed by atoms with E-state index in [0.29, 0.717) is 11.1 Å². The molecule has 1 saturated heterocycles. The van der Waals surface area contributed by atoms with Gasteiger partial charge >= 0.3 is 5.97 Å². The standard InChI is InChI=1S/C29H30O11/c1-14-10-20(37-3)24(27-23(14)19(33)12-18(38-27)11-15(2)31)28-29(26(36)25(35)21(13-30)39-28)40-22(34)9-6-16-4-7-17(32)8-5-16/h4-10,12,21,25-26,28-30,32,35-36H,11,13H2,1-3H3/b9-6-/t21-,25-,26+,28?,29-/m0/s1. The Hall–Kier alpha value is -4.03. The predicted octanol–water partition coefficient (Wildman–Crippen LogP) is 1.73. The number of esters is 1. The van der Waals surface area contributed by atoms with E-state index in [1.807, 2.05) is 0 Å². The summed E-state index contributed by atoms with van der Waals surface area (Å²) in [6.07, 6.45) is -5.15. The van der Waals surface area contributed by atoms with Crippen LogP contribution in [-0.4, -0.2) is 70.3 Å². The monoisotopic (exact) mass is 554 g/mol. The van der Waals surface area contributed by atoms with Crippen molar-refractivity contribution >= 4 is 28.8 Å². The van der Waals surface area contributed by atoms with Crippen LogP contribution in [0.5, 0.6) is 11.5 Å². The first-order valence-electron chi connectivity index (χ1n) is 12.5. The number of aliphatic hydroxyl groups is 3. The second-order valence-electron chi connectivity index (χ2n) is 9.55. The van der Waals surface area contributed by atoms with Crippen molar-refractivity contribution in [3.8, 4) is 11.5 Å². The Bertz CT molecular complexity index is 1490. The molecular weight excluding hydrogens is 524 g/mol. The van der Waals surface area contributed by atoms with E-state index in [-0.39, 0.29) is 46.0 Å². The molecule has 1 aromatic heterocycles. The van der Waals surface area contributed by atoms with Crippen LogP contribution in [-0.2, 0) is 25.5 Å². The molecule has 212 valence electrons. The Morgan fingerprint density at radius 3 is 2.42 bits per heavy atom. The zero-order valence-corrected chi connectivity index (χ0v) is 22.1. The highest BCUT2D eigenvalue weighted by molar-refractivity contribution is 5.88. The molecule has 0 spiro atoms. The van der Waals surface area contributed by atoms with Crippen LogP contribution in [0.2, 0.25) is 0 Å². The van der Waals surface area contributed by atoms with Crippen molar-refractivity contribution in [1.29, 1.82) is 0 Å². The third-order valence-corrected chi connectivity index (χ3v) is 6.60. The summed E-state index contributed by atoms with van der Waals surface area (Å²) in [5.74, 6) is -0.841. The van der Waals surface area contributed by atoms with Gasteiger partial charge in [0.25, 0.3) is 0 Å². The third kappa shape index (κ3) is 5.92. The van der Waals surface area contributed by atoms with E-state index in [0.717, 1.165) is 6.08 Å². The second kappa shape index (κ2) is 12.0. The quantitative estimate of drug-likeness (QED) is 0.236. The molecule has 3 aromatic rings. The summed E-state index contributed by atoms with van der Waals surface area (Å²) in [6.45, 7) is 2.33. The van der Waals surface area contributed by atoms with Gasteiger partial charge in [-0.25, -0.2) is 4.79 Å². The van der Waals surface area contributed by atoms with Gasteiger partial charge in [-0.2, -0.15) is 0 Å². The van der Waals surface area contributed by atoms with Gasteiger partial charge in [-0.3, -0.25) is 9.59 Å². The molecule has 2 aromatic carbocycles. The molecule has 5 atom stereocenters. The van der Waals surface area contributed by atoms with Crippen LogP contribution in [0.3, 0.4) is 0 Å². The van der Waals surface area contributed by atoms with E-state index in [2.05, 4.69) is 0 Å². The van der Waals surface area contributed by atoms with Crippen molar-refractivity contribution in [3.05, 3.63) is 75.1 Å². The van der Waals surface area contributed by atoms with Crippen LogP contribution in [0.1, 0.15) is 35.5 Å². The average molecular weight is 555 g/mol. The van der Waals surface area contributed by atoms with Crippen molar-refractivity contribution in [1.82, 2.24) is 0 Å². The minimum absolute atomic E-state index is 0.00781. The lowest BCUT2D eigenvalue weighted by Crippen LogP contribution is -2.56. The highest BCUT2D eigenvalue weighted by atomic mass is 16.6. The Morgan fingerprint density at radius 1 is 1.10 bits per heavy atom. The molecule has 1 fully saturated rings. The normalized spacial score (nSPS) is 22.9. The molecule has 0 aliphatic carbocycles. The Kier molecular flexibility index (Phi) is 8.70. The van der Waals surface area contributed by atoms with E-state index in [9.17, 15) is 34.8 Å². The number of carbonyl (C=O) groups is 2. The van der Waals surface area contributed by atoms with Gasteiger partial charge in [0.05, 0.1) is 31.1 Å². The topological polar surface area (TPSA) is 173 Å². The lowest BCUT2D eigenvalue weighted by atomic mass is 9.89. The van der Waals surface area contributed by atoms with Crippen molar-refractivity contribution in [3.63, 3.8) is 0 Å². The van der Waals surface area contributed by atoms with Gasteiger partial charge < -0.3 is 39.1 Å². The van der Waals surface area contributed by atoms with Gasteiger partial charge in [0.15, 0.2) is 11.5 Å². The highest BCUT2D eigenvalue weighted by Crippen LogP contribution is 2.43. The molecular formula is C29H30O11. The number of aliphatic hydroxyl groups excluding tert-OH is 3. The zero-order chi connectivity index (χ0) is 29.1. The SMILES string of the molecule is COc1cc(C)c2c(=O)cc(CC(C)=O)oc2c1C1O[C@@H](CO)[C@H](O)[C@@H](O)[C@@H]1OC(=O)/C=C\c1ccc(O)cc1. The van der Waals surface area contributed by atoms with Crippen molar-refractivity contribution in [2.45, 2.75) is 50.8 Å². The zero-order valence-electron chi connectivity index (χ0n) is 22.1. The molecule has 1 aliphatic rings. The molecule has 0 amide bonds. The summed E-state index contributed by atoms with van der Waals surface area (Å²) in [7, 11) is 1.36. The maximum absolute atomic E-state index is 13.1. The molecule has 0 bridgehead atoms. The Morgan fingerprint density at radius 2 is 1.80 bits per heavy atom. The van der Waals surface area contributed by atoms with Gasteiger partial charge in [-0.1, -0.05) is 12.1 Å². The molecule has 0 saturated carbocycles. The van der Waals surface area contributed by atoms with Crippen LogP contribution < -0.4 is 10.2 Å². The van der Waals surface area contributed by atoms with Crippen LogP contribution >= 0.6 is 0 Å². The molecule has 0 radical (unpaired) electrons. The Labute approximate surface area is 228 Å². The first kappa shape index (κ1) is 29.0. The summed E-state index contributed by atoms with van der Waals surface area (Å²) in [4.78, 5) is 37.7. The summed E-state index contributed by atoms with van der Waals surface area (Å²) in [6, 6.07) is 8.79. The molecule has 4 N–H and O–H groups in total. The van der Waals surface area contributed by atoms with E-state index < -0.39 is 48.5 Å². The molecule has 1 aliphatic heterocycles. The predicted molar refractivity (Wildman–Crippen MR) is 142 cm³/mol. The summed E-state index contributed by atoms with van der Waals surface area (Å²) < 4.78 is 23.1. The summed E-state index contributed by atoms with van der Waals surface area (Å²) in [5, 5.41) is 41.0. The molecule has 4 rings (SSSR count). The minimum atomic E-state index is -1.71. The molecule has 11 nitrogen and oxygen atoms in total. The second-order valence-corrected chi connectivity index (χ2v) is 9.55.